The van der Waals surface area contributed by atoms with Crippen molar-refractivity contribution in [2.45, 2.75) is 46.6 Å². The maximum atomic E-state index is 12.4. The molecule has 1 aliphatic heterocycles. The molecule has 0 aliphatic carbocycles. The summed E-state index contributed by atoms with van der Waals surface area (Å²) in [5.74, 6) is 0.115. The lowest BCUT2D eigenvalue weighted by Gasteiger charge is -2.34. The Kier molecular flexibility index (Phi) is 8.25. The molecule has 1 heterocycles. The van der Waals surface area contributed by atoms with Crippen LogP contribution < -0.4 is 10.6 Å². The van der Waals surface area contributed by atoms with Crippen LogP contribution in [0.15, 0.2) is 18.2 Å². The molecule has 1 aromatic carbocycles. The number of hydrogen-bond donors (Lipinski definition) is 2. The molecule has 1 aliphatic rings. The fourth-order valence-electron chi connectivity index (χ4n) is 3.53. The van der Waals surface area contributed by atoms with E-state index in [-0.39, 0.29) is 17.9 Å². The van der Waals surface area contributed by atoms with Crippen molar-refractivity contribution in [1.82, 2.24) is 15.1 Å². The Hall–Kier alpha value is -1.92. The second-order valence-electron chi connectivity index (χ2n) is 7.62. The SMILES string of the molecule is CCC[C@@H](C)NC(=O)CN1CCN(CC(=O)Nc2c(C)cccc2C)CC1. The Morgan fingerprint density at radius 3 is 2.04 bits per heavy atom. The van der Waals surface area contributed by atoms with Gasteiger partial charge in [-0.3, -0.25) is 19.4 Å². The van der Waals surface area contributed by atoms with E-state index < -0.39 is 0 Å². The van der Waals surface area contributed by atoms with Crippen LogP contribution in [0.2, 0.25) is 0 Å². The number of amides is 2. The molecule has 6 nitrogen and oxygen atoms in total. The van der Waals surface area contributed by atoms with E-state index in [2.05, 4.69) is 27.4 Å². The molecular weight excluding hydrogens is 340 g/mol. The predicted molar refractivity (Wildman–Crippen MR) is 110 cm³/mol. The van der Waals surface area contributed by atoms with E-state index in [0.29, 0.717) is 13.1 Å². The maximum Gasteiger partial charge on any atom is 0.238 e. The Morgan fingerprint density at radius 1 is 1.00 bits per heavy atom. The zero-order valence-corrected chi connectivity index (χ0v) is 17.2. The quantitative estimate of drug-likeness (QED) is 0.732. The lowest BCUT2D eigenvalue weighted by Crippen LogP contribution is -2.51. The van der Waals surface area contributed by atoms with Gasteiger partial charge in [-0.25, -0.2) is 0 Å². The van der Waals surface area contributed by atoms with Crippen LogP contribution in [-0.2, 0) is 9.59 Å². The highest BCUT2D eigenvalue weighted by molar-refractivity contribution is 5.93. The first-order valence-corrected chi connectivity index (χ1v) is 9.99. The van der Waals surface area contributed by atoms with Gasteiger partial charge in [0.1, 0.15) is 0 Å². The van der Waals surface area contributed by atoms with Crippen molar-refractivity contribution < 1.29 is 9.59 Å². The highest BCUT2D eigenvalue weighted by atomic mass is 16.2. The van der Waals surface area contributed by atoms with E-state index >= 15 is 0 Å². The minimum atomic E-state index is 0.0204. The van der Waals surface area contributed by atoms with Crippen molar-refractivity contribution in [1.29, 1.82) is 0 Å². The Morgan fingerprint density at radius 2 is 1.52 bits per heavy atom. The number of aryl methyl sites for hydroxylation is 2. The van der Waals surface area contributed by atoms with Crippen molar-refractivity contribution in [2.24, 2.45) is 0 Å². The van der Waals surface area contributed by atoms with Gasteiger partial charge in [-0.15, -0.1) is 0 Å². The molecule has 1 saturated heterocycles. The van der Waals surface area contributed by atoms with Gasteiger partial charge in [0.15, 0.2) is 0 Å². The molecule has 1 atom stereocenters. The Bertz CT molecular complexity index is 619. The van der Waals surface area contributed by atoms with Crippen molar-refractivity contribution in [3.05, 3.63) is 29.3 Å². The number of benzene rings is 1. The number of carbonyl (C=O) groups is 2. The first-order chi connectivity index (χ1) is 12.9. The highest BCUT2D eigenvalue weighted by Crippen LogP contribution is 2.19. The number of hydrogen-bond acceptors (Lipinski definition) is 4. The maximum absolute atomic E-state index is 12.4. The van der Waals surface area contributed by atoms with Crippen molar-refractivity contribution in [3.8, 4) is 0 Å². The van der Waals surface area contributed by atoms with E-state index in [1.807, 2.05) is 39.0 Å². The van der Waals surface area contributed by atoms with Crippen molar-refractivity contribution in [2.75, 3.05) is 44.6 Å². The van der Waals surface area contributed by atoms with Gasteiger partial charge in [0.25, 0.3) is 0 Å². The summed E-state index contributed by atoms with van der Waals surface area (Å²) in [5, 5.41) is 6.10. The molecule has 1 fully saturated rings. The van der Waals surface area contributed by atoms with Crippen LogP contribution in [0.4, 0.5) is 5.69 Å². The van der Waals surface area contributed by atoms with Gasteiger partial charge in [0.2, 0.25) is 11.8 Å². The standard InChI is InChI=1S/C21H34N4O2/c1-5-7-18(4)22-19(26)14-24-10-12-25(13-11-24)15-20(27)23-21-16(2)8-6-9-17(21)3/h6,8-9,18H,5,7,10-15H2,1-4H3,(H,22,26)(H,23,27)/t18-/m1/s1. The third-order valence-corrected chi connectivity index (χ3v) is 5.07. The van der Waals surface area contributed by atoms with Crippen LogP contribution in [0.25, 0.3) is 0 Å². The molecule has 0 unspecified atom stereocenters. The Balaban J connectivity index is 1.72. The van der Waals surface area contributed by atoms with E-state index in [9.17, 15) is 9.59 Å². The molecular formula is C21H34N4O2. The fraction of sp³-hybridized carbons (Fsp3) is 0.619. The fourth-order valence-corrected chi connectivity index (χ4v) is 3.53. The van der Waals surface area contributed by atoms with E-state index in [1.54, 1.807) is 0 Å². The summed E-state index contributed by atoms with van der Waals surface area (Å²) < 4.78 is 0. The lowest BCUT2D eigenvalue weighted by molar-refractivity contribution is -0.124. The molecule has 0 saturated carbocycles. The van der Waals surface area contributed by atoms with Gasteiger partial charge in [0, 0.05) is 37.9 Å². The molecule has 0 aromatic heterocycles. The monoisotopic (exact) mass is 374 g/mol. The zero-order chi connectivity index (χ0) is 19.8. The zero-order valence-electron chi connectivity index (χ0n) is 17.2. The molecule has 150 valence electrons. The summed E-state index contributed by atoms with van der Waals surface area (Å²) in [6.07, 6.45) is 2.08. The lowest BCUT2D eigenvalue weighted by atomic mass is 10.1. The van der Waals surface area contributed by atoms with Crippen LogP contribution in [-0.4, -0.2) is 66.9 Å². The second kappa shape index (κ2) is 10.4. The topological polar surface area (TPSA) is 64.7 Å². The summed E-state index contributed by atoms with van der Waals surface area (Å²) >= 11 is 0. The summed E-state index contributed by atoms with van der Waals surface area (Å²) in [7, 11) is 0. The third-order valence-electron chi connectivity index (χ3n) is 5.07. The predicted octanol–water partition coefficient (Wildman–Crippen LogP) is 2.16. The molecule has 1 aromatic rings. The molecule has 2 amide bonds. The van der Waals surface area contributed by atoms with Crippen LogP contribution >= 0.6 is 0 Å². The summed E-state index contributed by atoms with van der Waals surface area (Å²) in [4.78, 5) is 28.8. The molecule has 2 N–H and O–H groups in total. The van der Waals surface area contributed by atoms with Crippen molar-refractivity contribution >= 4 is 17.5 Å². The largest absolute Gasteiger partial charge is 0.353 e. The normalized spacial score (nSPS) is 16.7. The van der Waals surface area contributed by atoms with Crippen molar-refractivity contribution in [3.63, 3.8) is 0 Å². The number of carbonyl (C=O) groups excluding carboxylic acids is 2. The molecule has 6 heteroatoms. The first-order valence-electron chi connectivity index (χ1n) is 9.99. The van der Waals surface area contributed by atoms with Gasteiger partial charge in [-0.2, -0.15) is 0 Å². The number of nitrogens with one attached hydrogen (secondary N) is 2. The van der Waals surface area contributed by atoms with Gasteiger partial charge in [0.05, 0.1) is 13.1 Å². The summed E-state index contributed by atoms with van der Waals surface area (Å²) in [6, 6.07) is 6.25. The number of piperazine rings is 1. The number of rotatable bonds is 8. The minimum Gasteiger partial charge on any atom is -0.353 e. The number of anilines is 1. The van der Waals surface area contributed by atoms with Crippen LogP contribution in [0.3, 0.4) is 0 Å². The average molecular weight is 375 g/mol. The molecule has 27 heavy (non-hydrogen) atoms. The minimum absolute atomic E-state index is 0.0204. The summed E-state index contributed by atoms with van der Waals surface area (Å²) in [5.41, 5.74) is 3.08. The average Bonchev–Trinajstić information content (AvgIpc) is 2.60. The van der Waals surface area contributed by atoms with Gasteiger partial charge >= 0.3 is 0 Å². The van der Waals surface area contributed by atoms with Gasteiger partial charge in [-0.1, -0.05) is 31.5 Å². The van der Waals surface area contributed by atoms with E-state index in [1.165, 1.54) is 0 Å². The number of para-hydroxylation sites is 1. The molecule has 0 radical (unpaired) electrons. The van der Waals surface area contributed by atoms with Gasteiger partial charge < -0.3 is 10.6 Å². The third kappa shape index (κ3) is 6.96. The van der Waals surface area contributed by atoms with Crippen LogP contribution in [0, 0.1) is 13.8 Å². The Labute approximate surface area is 163 Å². The molecule has 0 spiro atoms. The van der Waals surface area contributed by atoms with E-state index in [4.69, 9.17) is 0 Å². The smallest absolute Gasteiger partial charge is 0.238 e. The summed E-state index contributed by atoms with van der Waals surface area (Å²) in [6.45, 7) is 12.3. The highest BCUT2D eigenvalue weighted by Gasteiger charge is 2.21. The second-order valence-corrected chi connectivity index (χ2v) is 7.62. The molecule has 0 bridgehead atoms. The van der Waals surface area contributed by atoms with Crippen LogP contribution in [0.1, 0.15) is 37.8 Å². The molecule has 2 rings (SSSR count). The van der Waals surface area contributed by atoms with Crippen LogP contribution in [0.5, 0.6) is 0 Å². The van der Waals surface area contributed by atoms with Gasteiger partial charge in [-0.05, 0) is 38.3 Å². The first kappa shape index (κ1) is 21.4. The number of nitrogens with zero attached hydrogens (tertiary/aromatic N) is 2. The van der Waals surface area contributed by atoms with E-state index in [0.717, 1.165) is 55.8 Å².